The Hall–Kier alpha value is -8.55. The van der Waals surface area contributed by atoms with Crippen LogP contribution in [-0.4, -0.2) is 159 Å². The van der Waals surface area contributed by atoms with Crippen LogP contribution < -0.4 is 24.8 Å². The minimum absolute atomic E-state index is 0.0495. The van der Waals surface area contributed by atoms with E-state index in [-0.39, 0.29) is 44.5 Å². The molecular weight excluding hydrogens is 1040 g/mol. The van der Waals surface area contributed by atoms with Crippen molar-refractivity contribution in [3.63, 3.8) is 0 Å². The number of carbonyl (C=O) groups is 9. The van der Waals surface area contributed by atoms with Crippen LogP contribution in [0.5, 0.6) is 17.2 Å². The summed E-state index contributed by atoms with van der Waals surface area (Å²) in [6, 6.07) is 25.0. The third kappa shape index (κ3) is 17.0. The Morgan fingerprint density at radius 3 is 2.10 bits per heavy atom. The highest BCUT2D eigenvalue weighted by atomic mass is 16.5. The second kappa shape index (κ2) is 29.1. The number of hydrogen-bond acceptors (Lipinski definition) is 14. The molecule has 4 aromatic carbocycles. The highest BCUT2D eigenvalue weighted by Gasteiger charge is 2.43. The third-order valence-corrected chi connectivity index (χ3v) is 14.3. The van der Waals surface area contributed by atoms with Crippen LogP contribution in [0.25, 0.3) is 0 Å². The Balaban J connectivity index is 1.28. The molecule has 5 atom stereocenters. The summed E-state index contributed by atoms with van der Waals surface area (Å²) in [7, 11) is 7.43. The standard InChI is InChI=1S/C61H74N6O14/c1-40-57(73)66(6)47(34-41-20-11-9-12-21-41)56(72)63-54(43-22-13-10-14-23-43)58(74)64(4)32-17-16-27-53(70)80-39-61(2,3)55(71)59(75)67-33-18-15-26-46(67)60(76)81-48(30-28-42-29-31-49(77-7)50(35-42)78-8)44-24-19-25-45(36-44)79-38-52(69)65(5)37-51(68)62-40/h9-14,16,19-25,27,29,31,35-36,40,46-48,54H,15,17-18,26,28,30,32-34,37-39H2,1-8H3,(H,62,68)(H,63,72)/b27-16-/t40-,46+,47+,48-,54+/m1/s1. The third-order valence-electron chi connectivity index (χ3n) is 14.3. The fraction of sp³-hybridized carbons (Fsp3) is 0.426. The number of methoxy groups -OCH3 is 2. The van der Waals surface area contributed by atoms with Crippen molar-refractivity contribution in [3.8, 4) is 17.2 Å². The lowest BCUT2D eigenvalue weighted by Crippen LogP contribution is -2.56. The van der Waals surface area contributed by atoms with E-state index < -0.39 is 109 Å². The van der Waals surface area contributed by atoms with Gasteiger partial charge in [0.15, 0.2) is 18.1 Å². The molecule has 0 spiro atoms. The number of cyclic esters (lactones) is 2. The first kappa shape index (κ1) is 61.7. The summed E-state index contributed by atoms with van der Waals surface area (Å²) >= 11 is 0. The Kier molecular flexibility index (Phi) is 22.1. The van der Waals surface area contributed by atoms with Gasteiger partial charge in [0.2, 0.25) is 29.4 Å². The number of ether oxygens (including phenoxy) is 5. The molecule has 2 bridgehead atoms. The van der Waals surface area contributed by atoms with Crippen LogP contribution in [0.15, 0.2) is 115 Å². The summed E-state index contributed by atoms with van der Waals surface area (Å²) in [6.45, 7) is 3.20. The van der Waals surface area contributed by atoms with Crippen molar-refractivity contribution in [2.24, 2.45) is 5.41 Å². The van der Waals surface area contributed by atoms with Gasteiger partial charge < -0.3 is 53.9 Å². The van der Waals surface area contributed by atoms with Crippen LogP contribution in [-0.2, 0) is 65.5 Å². The molecule has 6 amide bonds. The van der Waals surface area contributed by atoms with Crippen LogP contribution in [0.4, 0.5) is 0 Å². The van der Waals surface area contributed by atoms with Crippen LogP contribution in [0.1, 0.15) is 87.3 Å². The molecule has 2 aliphatic rings. The summed E-state index contributed by atoms with van der Waals surface area (Å²) in [5, 5.41) is 5.52. The van der Waals surface area contributed by atoms with Crippen molar-refractivity contribution < 1.29 is 66.8 Å². The maximum atomic E-state index is 14.5. The smallest absolute Gasteiger partial charge is 0.330 e. The monoisotopic (exact) mass is 1110 g/mol. The van der Waals surface area contributed by atoms with Crippen molar-refractivity contribution in [2.45, 2.75) is 96.0 Å². The number of amides is 6. The number of piperidine rings is 1. The van der Waals surface area contributed by atoms with Crippen molar-refractivity contribution in [2.75, 3.05) is 68.2 Å². The van der Waals surface area contributed by atoms with E-state index in [4.69, 9.17) is 23.7 Å². The Morgan fingerprint density at radius 1 is 0.704 bits per heavy atom. The van der Waals surface area contributed by atoms with Crippen LogP contribution in [0.2, 0.25) is 0 Å². The largest absolute Gasteiger partial charge is 0.493 e. The highest BCUT2D eigenvalue weighted by Crippen LogP contribution is 2.33. The summed E-state index contributed by atoms with van der Waals surface area (Å²) in [4.78, 5) is 130. The van der Waals surface area contributed by atoms with E-state index in [9.17, 15) is 43.2 Å². The maximum absolute atomic E-state index is 14.5. The summed E-state index contributed by atoms with van der Waals surface area (Å²) in [5.41, 5.74) is 1.02. The van der Waals surface area contributed by atoms with E-state index in [1.807, 2.05) is 18.2 Å². The molecule has 0 unspecified atom stereocenters. The molecule has 6 rings (SSSR count). The average Bonchev–Trinajstić information content (AvgIpc) is 3.47. The van der Waals surface area contributed by atoms with Gasteiger partial charge in [-0.3, -0.25) is 33.6 Å². The second-order valence-corrected chi connectivity index (χ2v) is 20.8. The molecule has 0 aliphatic carbocycles. The first-order chi connectivity index (χ1) is 38.7. The molecule has 0 saturated carbocycles. The van der Waals surface area contributed by atoms with Gasteiger partial charge in [-0.25, -0.2) is 9.59 Å². The molecule has 432 valence electrons. The van der Waals surface area contributed by atoms with Crippen molar-refractivity contribution in [1.29, 1.82) is 0 Å². The van der Waals surface area contributed by atoms with Gasteiger partial charge >= 0.3 is 11.9 Å². The molecule has 0 radical (unpaired) electrons. The van der Waals surface area contributed by atoms with Gasteiger partial charge in [0.05, 0.1) is 26.2 Å². The lowest BCUT2D eigenvalue weighted by molar-refractivity contribution is -0.165. The first-order valence-electron chi connectivity index (χ1n) is 27.0. The number of likely N-dealkylation sites (N-methyl/N-ethyl adjacent to an activating group) is 3. The van der Waals surface area contributed by atoms with E-state index in [0.717, 1.165) is 22.1 Å². The zero-order chi connectivity index (χ0) is 58.8. The van der Waals surface area contributed by atoms with Crippen LogP contribution >= 0.6 is 0 Å². The molecule has 0 aromatic heterocycles. The zero-order valence-electron chi connectivity index (χ0n) is 47.3. The minimum atomic E-state index is -1.50. The molecule has 20 heteroatoms. The number of nitrogens with one attached hydrogen (secondary N) is 2. The summed E-state index contributed by atoms with van der Waals surface area (Å²) in [6.07, 6.45) is 3.92. The number of esters is 2. The molecule has 1 fully saturated rings. The topological polar surface area (TPSA) is 237 Å². The quantitative estimate of drug-likeness (QED) is 0.172. The number of hydrogen-bond donors (Lipinski definition) is 2. The number of ketones is 1. The summed E-state index contributed by atoms with van der Waals surface area (Å²) in [5.74, 6) is -5.06. The van der Waals surface area contributed by atoms with E-state index in [2.05, 4.69) is 10.6 Å². The number of nitrogens with zero attached hydrogens (tertiary/aromatic N) is 4. The average molecular weight is 1120 g/mol. The van der Waals surface area contributed by atoms with Gasteiger partial charge in [0.25, 0.3) is 11.8 Å². The normalized spacial score (nSPS) is 22.5. The Bertz CT molecular complexity index is 2910. The molecular formula is C61H74N6O14. The van der Waals surface area contributed by atoms with Crippen LogP contribution in [0.3, 0.4) is 0 Å². The SMILES string of the molecule is COc1ccc(CC[C@H]2OC(=O)[C@@H]3CCCCN3C(=O)C(=O)C(C)(C)COC(=O)/C=C\CCN(C)C(=O)[C@H](c3ccccc3)NC(=O)[C@H](Cc3ccccc3)N(C)C(=O)[C@@H](C)NC(=O)CN(C)C(=O)COc3cccc2c3)cc1OC. The molecule has 2 heterocycles. The van der Waals surface area contributed by atoms with Crippen LogP contribution in [0, 0.1) is 5.41 Å². The number of Topliss-reactive ketones (excluding diaryl/α,β-unsaturated/α-hetero) is 1. The lowest BCUT2D eigenvalue weighted by atomic mass is 9.87. The fourth-order valence-electron chi connectivity index (χ4n) is 9.42. The predicted molar refractivity (Wildman–Crippen MR) is 298 cm³/mol. The van der Waals surface area contributed by atoms with Crippen molar-refractivity contribution in [1.82, 2.24) is 30.2 Å². The number of carbonyl (C=O) groups excluding carboxylic acids is 9. The molecule has 20 nitrogen and oxygen atoms in total. The zero-order valence-corrected chi connectivity index (χ0v) is 47.3. The van der Waals surface area contributed by atoms with Gasteiger partial charge in [0, 0.05) is 46.7 Å². The van der Waals surface area contributed by atoms with Gasteiger partial charge in [-0.2, -0.15) is 0 Å². The number of benzene rings is 4. The number of rotatable bonds is 8. The second-order valence-electron chi connectivity index (χ2n) is 20.8. The lowest BCUT2D eigenvalue weighted by Gasteiger charge is -2.36. The molecule has 2 N–H and O–H groups in total. The van der Waals surface area contributed by atoms with Crippen molar-refractivity contribution >= 4 is 53.2 Å². The Labute approximate surface area is 473 Å². The van der Waals surface area contributed by atoms with Gasteiger partial charge in [-0.15, -0.1) is 0 Å². The van der Waals surface area contributed by atoms with E-state index in [0.29, 0.717) is 41.9 Å². The van der Waals surface area contributed by atoms with E-state index in [1.165, 1.54) is 69.9 Å². The predicted octanol–water partition coefficient (Wildman–Crippen LogP) is 5.13. The number of aryl methyl sites for hydroxylation is 1. The van der Waals surface area contributed by atoms with E-state index in [1.54, 1.807) is 92.0 Å². The van der Waals surface area contributed by atoms with E-state index >= 15 is 0 Å². The highest BCUT2D eigenvalue weighted by molar-refractivity contribution is 6.38. The summed E-state index contributed by atoms with van der Waals surface area (Å²) < 4.78 is 28.6. The number of fused-ring (bicyclic) bond motifs is 3. The van der Waals surface area contributed by atoms with Gasteiger partial charge in [-0.05, 0) is 106 Å². The fourth-order valence-corrected chi connectivity index (χ4v) is 9.42. The van der Waals surface area contributed by atoms with Crippen molar-refractivity contribution in [3.05, 3.63) is 138 Å². The van der Waals surface area contributed by atoms with Gasteiger partial charge in [-0.1, -0.05) is 84.9 Å². The molecule has 81 heavy (non-hydrogen) atoms. The molecule has 2 aliphatic heterocycles. The molecule has 1 saturated heterocycles. The van der Waals surface area contributed by atoms with Gasteiger partial charge in [0.1, 0.15) is 42.6 Å². The first-order valence-corrected chi connectivity index (χ1v) is 27.0. The Morgan fingerprint density at radius 2 is 1.40 bits per heavy atom. The molecule has 4 aromatic rings. The minimum Gasteiger partial charge on any atom is -0.493 e. The maximum Gasteiger partial charge on any atom is 0.330 e.